The topological polar surface area (TPSA) is 75.5 Å². The van der Waals surface area contributed by atoms with Crippen molar-refractivity contribution in [2.24, 2.45) is 0 Å². The number of anilines is 1. The Morgan fingerprint density at radius 1 is 1.12 bits per heavy atom. The lowest BCUT2D eigenvalue weighted by Gasteiger charge is -2.36. The first-order chi connectivity index (χ1) is 12.1. The molecule has 1 fully saturated rings. The van der Waals surface area contributed by atoms with Gasteiger partial charge in [-0.2, -0.15) is 0 Å². The van der Waals surface area contributed by atoms with Crippen LogP contribution >= 0.6 is 0 Å². The molecule has 6 nitrogen and oxygen atoms in total. The molecule has 0 aromatic heterocycles. The second-order valence-electron chi connectivity index (χ2n) is 6.25. The standard InChI is InChI=1S/C19H17N3O3/c23-19-15-6-2-3-7-16(15)20-18(21(19)14-10-11-14)12-9-13-5-1-4-8-17(13)22(24)25/h1-9,12,14,18,20H,10-11H2/b12-9+. The van der Waals surface area contributed by atoms with E-state index in [0.29, 0.717) is 11.1 Å². The summed E-state index contributed by atoms with van der Waals surface area (Å²) in [5, 5.41) is 14.5. The van der Waals surface area contributed by atoms with E-state index in [2.05, 4.69) is 5.32 Å². The van der Waals surface area contributed by atoms with E-state index in [1.807, 2.05) is 35.2 Å². The van der Waals surface area contributed by atoms with Crippen LogP contribution in [0.2, 0.25) is 0 Å². The lowest BCUT2D eigenvalue weighted by Crippen LogP contribution is -2.48. The van der Waals surface area contributed by atoms with Crippen LogP contribution in [0.1, 0.15) is 28.8 Å². The van der Waals surface area contributed by atoms with Gasteiger partial charge in [-0.15, -0.1) is 0 Å². The Kier molecular flexibility index (Phi) is 3.72. The molecular weight excluding hydrogens is 318 g/mol. The fraction of sp³-hybridized carbons (Fsp3) is 0.211. The van der Waals surface area contributed by atoms with E-state index in [0.717, 1.165) is 18.5 Å². The lowest BCUT2D eigenvalue weighted by molar-refractivity contribution is -0.385. The first kappa shape index (κ1) is 15.4. The van der Waals surface area contributed by atoms with E-state index in [-0.39, 0.29) is 23.8 Å². The molecule has 2 aromatic carbocycles. The van der Waals surface area contributed by atoms with Gasteiger partial charge in [-0.3, -0.25) is 14.9 Å². The lowest BCUT2D eigenvalue weighted by atomic mass is 10.1. The summed E-state index contributed by atoms with van der Waals surface area (Å²) in [5.41, 5.74) is 2.04. The fourth-order valence-corrected chi connectivity index (χ4v) is 3.17. The van der Waals surface area contributed by atoms with Crippen molar-refractivity contribution in [1.29, 1.82) is 0 Å². The van der Waals surface area contributed by atoms with Crippen LogP contribution in [0, 0.1) is 10.1 Å². The number of hydrogen-bond donors (Lipinski definition) is 1. The molecule has 25 heavy (non-hydrogen) atoms. The van der Waals surface area contributed by atoms with Crippen molar-refractivity contribution in [3.8, 4) is 0 Å². The van der Waals surface area contributed by atoms with Gasteiger partial charge in [-0.1, -0.05) is 24.3 Å². The number of fused-ring (bicyclic) bond motifs is 1. The van der Waals surface area contributed by atoms with Crippen LogP contribution in [0.5, 0.6) is 0 Å². The van der Waals surface area contributed by atoms with Gasteiger partial charge in [0.15, 0.2) is 0 Å². The summed E-state index contributed by atoms with van der Waals surface area (Å²) in [6.45, 7) is 0. The molecule has 0 radical (unpaired) electrons. The Morgan fingerprint density at radius 2 is 1.84 bits per heavy atom. The molecule has 6 heteroatoms. The molecule has 1 N–H and O–H groups in total. The number of nitrogens with one attached hydrogen (secondary N) is 1. The minimum Gasteiger partial charge on any atom is -0.361 e. The van der Waals surface area contributed by atoms with E-state index in [1.165, 1.54) is 6.07 Å². The number of hydrogen-bond acceptors (Lipinski definition) is 4. The number of rotatable bonds is 4. The van der Waals surface area contributed by atoms with Crippen LogP contribution in [0.3, 0.4) is 0 Å². The quantitative estimate of drug-likeness (QED) is 0.683. The first-order valence-corrected chi connectivity index (χ1v) is 8.25. The normalized spacial score (nSPS) is 19.6. The molecule has 1 saturated carbocycles. The van der Waals surface area contributed by atoms with Crippen LogP contribution in [-0.4, -0.2) is 27.9 Å². The summed E-state index contributed by atoms with van der Waals surface area (Å²) < 4.78 is 0. The number of amides is 1. The molecule has 1 heterocycles. The molecule has 2 aliphatic rings. The zero-order valence-corrected chi connectivity index (χ0v) is 13.5. The molecule has 4 rings (SSSR count). The Labute approximate surface area is 144 Å². The maximum Gasteiger partial charge on any atom is 0.276 e. The largest absolute Gasteiger partial charge is 0.361 e. The highest BCUT2D eigenvalue weighted by Gasteiger charge is 2.40. The molecule has 2 aromatic rings. The van der Waals surface area contributed by atoms with Gasteiger partial charge in [0.2, 0.25) is 0 Å². The minimum atomic E-state index is -0.396. The Morgan fingerprint density at radius 3 is 2.60 bits per heavy atom. The molecule has 0 bridgehead atoms. The number of carbonyl (C=O) groups excluding carboxylic acids is 1. The van der Waals surface area contributed by atoms with Gasteiger partial charge in [-0.05, 0) is 43.2 Å². The SMILES string of the molecule is O=C1c2ccccc2NC(/C=C/c2ccccc2[N+](=O)[O-])N1C1CC1. The van der Waals surface area contributed by atoms with E-state index in [9.17, 15) is 14.9 Å². The van der Waals surface area contributed by atoms with Gasteiger partial charge in [-0.25, -0.2) is 0 Å². The van der Waals surface area contributed by atoms with Gasteiger partial charge < -0.3 is 10.2 Å². The fourth-order valence-electron chi connectivity index (χ4n) is 3.17. The summed E-state index contributed by atoms with van der Waals surface area (Å²) in [7, 11) is 0. The Hall–Kier alpha value is -3.15. The van der Waals surface area contributed by atoms with Gasteiger partial charge >= 0.3 is 0 Å². The van der Waals surface area contributed by atoms with E-state index in [1.54, 1.807) is 24.3 Å². The van der Waals surface area contributed by atoms with Crippen molar-refractivity contribution in [3.05, 3.63) is 75.8 Å². The molecule has 1 amide bonds. The highest BCUT2D eigenvalue weighted by Crippen LogP contribution is 2.35. The second-order valence-corrected chi connectivity index (χ2v) is 6.25. The van der Waals surface area contributed by atoms with Gasteiger partial charge in [0.25, 0.3) is 11.6 Å². The highest BCUT2D eigenvalue weighted by atomic mass is 16.6. The van der Waals surface area contributed by atoms with Crippen LogP contribution in [0.25, 0.3) is 6.08 Å². The number of nitrogens with zero attached hydrogens (tertiary/aromatic N) is 2. The van der Waals surface area contributed by atoms with Crippen molar-refractivity contribution in [2.45, 2.75) is 25.0 Å². The van der Waals surface area contributed by atoms with Crippen LogP contribution in [0.4, 0.5) is 11.4 Å². The van der Waals surface area contributed by atoms with Gasteiger partial charge in [0.05, 0.1) is 16.1 Å². The van der Waals surface area contributed by atoms with Gasteiger partial charge in [0.1, 0.15) is 6.17 Å². The maximum absolute atomic E-state index is 12.8. The zero-order chi connectivity index (χ0) is 17.4. The summed E-state index contributed by atoms with van der Waals surface area (Å²) in [5.74, 6) is 0.00839. The molecule has 0 spiro atoms. The number of para-hydroxylation sites is 2. The third-order valence-electron chi connectivity index (χ3n) is 4.53. The smallest absolute Gasteiger partial charge is 0.276 e. The average molecular weight is 335 g/mol. The molecule has 1 unspecified atom stereocenters. The van der Waals surface area contributed by atoms with Crippen molar-refractivity contribution >= 4 is 23.4 Å². The van der Waals surface area contributed by atoms with E-state index < -0.39 is 4.92 Å². The summed E-state index contributed by atoms with van der Waals surface area (Å²) in [6, 6.07) is 14.3. The first-order valence-electron chi connectivity index (χ1n) is 8.25. The Balaban J connectivity index is 1.67. The van der Waals surface area contributed by atoms with Crippen LogP contribution in [-0.2, 0) is 0 Å². The van der Waals surface area contributed by atoms with Crippen LogP contribution < -0.4 is 5.32 Å². The van der Waals surface area contributed by atoms with Crippen molar-refractivity contribution in [1.82, 2.24) is 4.90 Å². The Bertz CT molecular complexity index is 874. The monoisotopic (exact) mass is 335 g/mol. The minimum absolute atomic E-state index is 0.00839. The van der Waals surface area contributed by atoms with Crippen molar-refractivity contribution < 1.29 is 9.72 Å². The summed E-state index contributed by atoms with van der Waals surface area (Å²) in [6.07, 6.45) is 5.22. The molecule has 0 saturated heterocycles. The second kappa shape index (κ2) is 6.05. The van der Waals surface area contributed by atoms with E-state index >= 15 is 0 Å². The summed E-state index contributed by atoms with van der Waals surface area (Å²) >= 11 is 0. The molecular formula is C19H17N3O3. The average Bonchev–Trinajstić information content (AvgIpc) is 3.45. The van der Waals surface area contributed by atoms with Gasteiger partial charge in [0, 0.05) is 17.8 Å². The number of carbonyl (C=O) groups is 1. The number of nitro groups is 1. The third kappa shape index (κ3) is 2.87. The summed E-state index contributed by atoms with van der Waals surface area (Å²) in [4.78, 5) is 25.4. The van der Waals surface area contributed by atoms with Crippen molar-refractivity contribution in [2.75, 3.05) is 5.32 Å². The maximum atomic E-state index is 12.8. The third-order valence-corrected chi connectivity index (χ3v) is 4.53. The highest BCUT2D eigenvalue weighted by molar-refractivity contribution is 6.02. The van der Waals surface area contributed by atoms with Crippen molar-refractivity contribution in [3.63, 3.8) is 0 Å². The molecule has 1 aliphatic heterocycles. The molecule has 126 valence electrons. The predicted octanol–water partition coefficient (Wildman–Crippen LogP) is 3.66. The number of benzene rings is 2. The van der Waals surface area contributed by atoms with E-state index in [4.69, 9.17) is 0 Å². The van der Waals surface area contributed by atoms with Crippen LogP contribution in [0.15, 0.2) is 54.6 Å². The molecule has 1 aliphatic carbocycles. The zero-order valence-electron chi connectivity index (χ0n) is 13.5. The predicted molar refractivity (Wildman–Crippen MR) is 95.2 cm³/mol. The number of nitro benzene ring substituents is 1. The molecule has 1 atom stereocenters.